The molecule has 0 aliphatic heterocycles. The van der Waals surface area contributed by atoms with Crippen LogP contribution in [0.25, 0.3) is 11.0 Å². The monoisotopic (exact) mass is 355 g/mol. The number of fused-ring (bicyclic) bond motifs is 1. The lowest BCUT2D eigenvalue weighted by Crippen LogP contribution is -2.25. The molecule has 4 heteroatoms. The molecule has 1 N–H and O–H groups in total. The van der Waals surface area contributed by atoms with Crippen molar-refractivity contribution >= 4 is 22.6 Å². The Hall–Kier alpha value is -2.10. The Morgan fingerprint density at radius 3 is 2.52 bits per heavy atom. The predicted octanol–water partition coefficient (Wildman–Crippen LogP) is 5.24. The second-order valence-electron chi connectivity index (χ2n) is 6.70. The molecule has 25 heavy (non-hydrogen) atoms. The smallest absolute Gasteiger partial charge is 0.336 e. The second kappa shape index (κ2) is 7.42. The van der Waals surface area contributed by atoms with Crippen LogP contribution in [0, 0.1) is 12.8 Å². The molecule has 0 fully saturated rings. The maximum atomic E-state index is 11.9. The molecule has 0 saturated carbocycles. The number of rotatable bonds is 5. The van der Waals surface area contributed by atoms with Gasteiger partial charge in [-0.3, -0.25) is 0 Å². The maximum absolute atomic E-state index is 11.9. The lowest BCUT2D eigenvalue weighted by Gasteiger charge is -2.23. The minimum Gasteiger partial charge on any atom is -0.423 e. The van der Waals surface area contributed by atoms with E-state index in [0.717, 1.165) is 16.5 Å². The molecule has 1 atom stereocenters. The van der Waals surface area contributed by atoms with E-state index >= 15 is 0 Å². The molecule has 1 heterocycles. The highest BCUT2D eigenvalue weighted by Gasteiger charge is 2.16. The summed E-state index contributed by atoms with van der Waals surface area (Å²) in [7, 11) is 0. The molecular formula is C21H22ClNO2. The van der Waals surface area contributed by atoms with Gasteiger partial charge in [-0.05, 0) is 41.7 Å². The fourth-order valence-electron chi connectivity index (χ4n) is 3.11. The summed E-state index contributed by atoms with van der Waals surface area (Å²) in [6, 6.07) is 15.8. The van der Waals surface area contributed by atoms with Crippen molar-refractivity contribution in [1.82, 2.24) is 5.32 Å². The van der Waals surface area contributed by atoms with Gasteiger partial charge in [0.15, 0.2) is 0 Å². The van der Waals surface area contributed by atoms with E-state index in [9.17, 15) is 4.79 Å². The summed E-state index contributed by atoms with van der Waals surface area (Å²) in [5.41, 5.74) is 3.26. The topological polar surface area (TPSA) is 42.2 Å². The predicted molar refractivity (Wildman–Crippen MR) is 103 cm³/mol. The number of benzene rings is 2. The van der Waals surface area contributed by atoms with Crippen molar-refractivity contribution in [3.05, 3.63) is 80.7 Å². The van der Waals surface area contributed by atoms with Crippen LogP contribution in [0.4, 0.5) is 0 Å². The van der Waals surface area contributed by atoms with E-state index in [0.29, 0.717) is 23.1 Å². The standard InChI is InChI=1S/C21H22ClNO2/c1-13(2)21(15-7-5-4-6-8-15)23-12-16-10-20(24)25-19-9-14(3)18(22)11-17(16)19/h4-11,13,21,23H,12H2,1-3H3/t21-/m0/s1. The molecule has 0 spiro atoms. The van der Waals surface area contributed by atoms with Crippen LogP contribution < -0.4 is 10.9 Å². The first-order chi connectivity index (χ1) is 12.0. The molecule has 2 aromatic carbocycles. The Morgan fingerprint density at radius 1 is 1.12 bits per heavy atom. The normalized spacial score (nSPS) is 12.7. The summed E-state index contributed by atoms with van der Waals surface area (Å²) in [4.78, 5) is 11.9. The highest BCUT2D eigenvalue weighted by Crippen LogP contribution is 2.27. The Balaban J connectivity index is 1.94. The molecule has 0 unspecified atom stereocenters. The van der Waals surface area contributed by atoms with Crippen LogP contribution in [0.2, 0.25) is 5.02 Å². The van der Waals surface area contributed by atoms with Gasteiger partial charge in [-0.1, -0.05) is 55.8 Å². The molecule has 0 amide bonds. The van der Waals surface area contributed by atoms with Crippen molar-refractivity contribution in [1.29, 1.82) is 0 Å². The third kappa shape index (κ3) is 3.94. The van der Waals surface area contributed by atoms with Gasteiger partial charge in [-0.25, -0.2) is 4.79 Å². The fourth-order valence-corrected chi connectivity index (χ4v) is 3.28. The zero-order valence-corrected chi connectivity index (χ0v) is 15.4. The van der Waals surface area contributed by atoms with Gasteiger partial charge in [0.25, 0.3) is 0 Å². The van der Waals surface area contributed by atoms with Crippen molar-refractivity contribution in [3.8, 4) is 0 Å². The number of hydrogen-bond acceptors (Lipinski definition) is 3. The number of nitrogens with one attached hydrogen (secondary N) is 1. The van der Waals surface area contributed by atoms with Gasteiger partial charge in [0.05, 0.1) is 0 Å². The molecule has 3 nitrogen and oxygen atoms in total. The van der Waals surface area contributed by atoms with Crippen LogP contribution in [-0.4, -0.2) is 0 Å². The number of aryl methyl sites for hydroxylation is 1. The second-order valence-corrected chi connectivity index (χ2v) is 7.11. The average Bonchev–Trinajstić information content (AvgIpc) is 2.57. The van der Waals surface area contributed by atoms with Crippen LogP contribution in [0.15, 0.2) is 57.7 Å². The van der Waals surface area contributed by atoms with E-state index in [2.05, 4.69) is 31.3 Å². The lowest BCUT2D eigenvalue weighted by molar-refractivity contribution is 0.410. The van der Waals surface area contributed by atoms with Crippen molar-refractivity contribution in [2.24, 2.45) is 5.92 Å². The molecule has 0 bridgehead atoms. The van der Waals surface area contributed by atoms with Crippen molar-refractivity contribution < 1.29 is 4.42 Å². The van der Waals surface area contributed by atoms with Gasteiger partial charge >= 0.3 is 5.63 Å². The molecule has 0 aliphatic carbocycles. The molecule has 3 aromatic rings. The quantitative estimate of drug-likeness (QED) is 0.636. The SMILES string of the molecule is Cc1cc2oc(=O)cc(CN[C@H](c3ccccc3)C(C)C)c2cc1Cl. The van der Waals surface area contributed by atoms with Gasteiger partial charge in [0.1, 0.15) is 5.58 Å². The lowest BCUT2D eigenvalue weighted by atomic mass is 9.95. The molecule has 3 rings (SSSR count). The van der Waals surface area contributed by atoms with E-state index in [1.807, 2.05) is 37.3 Å². The van der Waals surface area contributed by atoms with E-state index in [4.69, 9.17) is 16.0 Å². The van der Waals surface area contributed by atoms with Gasteiger partial charge in [0.2, 0.25) is 0 Å². The summed E-state index contributed by atoms with van der Waals surface area (Å²) in [6.45, 7) is 6.83. The van der Waals surface area contributed by atoms with Crippen molar-refractivity contribution in [3.63, 3.8) is 0 Å². The average molecular weight is 356 g/mol. The first-order valence-electron chi connectivity index (χ1n) is 8.47. The highest BCUT2D eigenvalue weighted by molar-refractivity contribution is 6.32. The van der Waals surface area contributed by atoms with E-state index in [-0.39, 0.29) is 11.7 Å². The Morgan fingerprint density at radius 2 is 1.84 bits per heavy atom. The number of hydrogen-bond donors (Lipinski definition) is 1. The van der Waals surface area contributed by atoms with Crippen LogP contribution in [-0.2, 0) is 6.54 Å². The van der Waals surface area contributed by atoms with Crippen LogP contribution in [0.5, 0.6) is 0 Å². The largest absolute Gasteiger partial charge is 0.423 e. The molecular weight excluding hydrogens is 334 g/mol. The third-order valence-electron chi connectivity index (χ3n) is 4.45. The first-order valence-corrected chi connectivity index (χ1v) is 8.84. The molecule has 130 valence electrons. The molecule has 0 aliphatic rings. The molecule has 1 aromatic heterocycles. The summed E-state index contributed by atoms with van der Waals surface area (Å²) in [5.74, 6) is 0.416. The van der Waals surface area contributed by atoms with E-state index in [1.165, 1.54) is 5.56 Å². The van der Waals surface area contributed by atoms with Crippen molar-refractivity contribution in [2.75, 3.05) is 0 Å². The minimum absolute atomic E-state index is 0.199. The zero-order chi connectivity index (χ0) is 18.0. The van der Waals surface area contributed by atoms with Crippen LogP contribution in [0.1, 0.15) is 36.6 Å². The number of halogens is 1. The minimum atomic E-state index is -0.341. The van der Waals surface area contributed by atoms with Gasteiger partial charge < -0.3 is 9.73 Å². The van der Waals surface area contributed by atoms with Gasteiger partial charge in [0, 0.05) is 29.1 Å². The summed E-state index contributed by atoms with van der Waals surface area (Å²) in [6.07, 6.45) is 0. The Bertz CT molecular complexity index is 932. The van der Waals surface area contributed by atoms with Gasteiger partial charge in [-0.2, -0.15) is 0 Å². The first kappa shape index (κ1) is 17.7. The van der Waals surface area contributed by atoms with E-state index in [1.54, 1.807) is 6.07 Å². The zero-order valence-electron chi connectivity index (χ0n) is 14.7. The third-order valence-corrected chi connectivity index (χ3v) is 4.85. The molecule has 0 saturated heterocycles. The van der Waals surface area contributed by atoms with Crippen molar-refractivity contribution in [2.45, 2.75) is 33.4 Å². The Kier molecular flexibility index (Phi) is 5.26. The summed E-state index contributed by atoms with van der Waals surface area (Å²) < 4.78 is 5.34. The fraction of sp³-hybridized carbons (Fsp3) is 0.286. The van der Waals surface area contributed by atoms with Crippen LogP contribution in [0.3, 0.4) is 0 Å². The van der Waals surface area contributed by atoms with Gasteiger partial charge in [-0.15, -0.1) is 0 Å². The maximum Gasteiger partial charge on any atom is 0.336 e. The summed E-state index contributed by atoms with van der Waals surface area (Å²) >= 11 is 6.27. The van der Waals surface area contributed by atoms with E-state index < -0.39 is 0 Å². The molecule has 0 radical (unpaired) electrons. The summed E-state index contributed by atoms with van der Waals surface area (Å²) in [5, 5.41) is 5.13. The van der Waals surface area contributed by atoms with Crippen LogP contribution >= 0.6 is 11.6 Å². The Labute approximate surface area is 152 Å². The highest BCUT2D eigenvalue weighted by atomic mass is 35.5.